The first-order chi connectivity index (χ1) is 7.53. The van der Waals surface area contributed by atoms with Gasteiger partial charge in [0.2, 0.25) is 0 Å². The van der Waals surface area contributed by atoms with Crippen molar-refractivity contribution in [3.05, 3.63) is 24.0 Å². The Morgan fingerprint density at radius 1 is 1.44 bits per heavy atom. The van der Waals surface area contributed by atoms with Gasteiger partial charge in [0.05, 0.1) is 6.20 Å². The summed E-state index contributed by atoms with van der Waals surface area (Å²) in [6.07, 6.45) is -1.52. The molecule has 16 heavy (non-hydrogen) atoms. The number of nitrogens with one attached hydrogen (secondary N) is 1. The second-order valence-corrected chi connectivity index (χ2v) is 3.17. The second-order valence-electron chi connectivity index (χ2n) is 3.17. The Morgan fingerprint density at radius 3 is 2.81 bits per heavy atom. The molecule has 0 bridgehead atoms. The van der Waals surface area contributed by atoms with E-state index in [9.17, 15) is 13.2 Å². The molecule has 1 aromatic heterocycles. The van der Waals surface area contributed by atoms with Crippen LogP contribution in [0.15, 0.2) is 18.5 Å². The van der Waals surface area contributed by atoms with Crippen LogP contribution in [0.1, 0.15) is 12.5 Å². The predicted octanol–water partition coefficient (Wildman–Crippen LogP) is 2.13. The summed E-state index contributed by atoms with van der Waals surface area (Å²) in [4.78, 5) is 3.73. The van der Waals surface area contributed by atoms with Crippen LogP contribution in [0, 0.1) is 0 Å². The molecule has 0 atom stereocenters. The smallest absolute Gasteiger partial charge is 0.422 e. The highest BCUT2D eigenvalue weighted by molar-refractivity contribution is 5.29. The number of pyridine rings is 1. The molecule has 90 valence electrons. The molecule has 1 heterocycles. The van der Waals surface area contributed by atoms with Crippen molar-refractivity contribution < 1.29 is 17.9 Å². The van der Waals surface area contributed by atoms with Gasteiger partial charge in [-0.15, -0.1) is 0 Å². The Labute approximate surface area is 91.6 Å². The molecular formula is C10H13F3N2O. The highest BCUT2D eigenvalue weighted by atomic mass is 19.4. The number of aromatic nitrogens is 1. The van der Waals surface area contributed by atoms with Crippen molar-refractivity contribution in [2.24, 2.45) is 0 Å². The minimum Gasteiger partial charge on any atom is -0.482 e. The summed E-state index contributed by atoms with van der Waals surface area (Å²) in [6.45, 7) is 1.82. The maximum Gasteiger partial charge on any atom is 0.422 e. The van der Waals surface area contributed by atoms with Crippen molar-refractivity contribution in [2.75, 3.05) is 13.2 Å². The lowest BCUT2D eigenvalue weighted by Gasteiger charge is -2.12. The Hall–Kier alpha value is -1.30. The highest BCUT2D eigenvalue weighted by Gasteiger charge is 2.28. The highest BCUT2D eigenvalue weighted by Crippen LogP contribution is 2.20. The predicted molar refractivity (Wildman–Crippen MR) is 53.2 cm³/mol. The van der Waals surface area contributed by atoms with Gasteiger partial charge in [0.1, 0.15) is 5.75 Å². The second kappa shape index (κ2) is 5.69. The van der Waals surface area contributed by atoms with Crippen molar-refractivity contribution in [1.29, 1.82) is 0 Å². The van der Waals surface area contributed by atoms with Crippen molar-refractivity contribution >= 4 is 0 Å². The molecule has 0 aliphatic rings. The first kappa shape index (κ1) is 12.8. The average molecular weight is 234 g/mol. The molecule has 0 unspecified atom stereocenters. The average Bonchev–Trinajstić information content (AvgIpc) is 2.23. The number of ether oxygens (including phenoxy) is 1. The first-order valence-electron chi connectivity index (χ1n) is 4.86. The van der Waals surface area contributed by atoms with Gasteiger partial charge in [0.15, 0.2) is 6.61 Å². The molecule has 0 aliphatic heterocycles. The molecule has 3 nitrogen and oxygen atoms in total. The summed E-state index contributed by atoms with van der Waals surface area (Å²) in [7, 11) is 0. The van der Waals surface area contributed by atoms with E-state index >= 15 is 0 Å². The summed E-state index contributed by atoms with van der Waals surface area (Å²) < 4.78 is 40.6. The zero-order valence-electron chi connectivity index (χ0n) is 8.84. The van der Waals surface area contributed by atoms with Crippen LogP contribution >= 0.6 is 0 Å². The van der Waals surface area contributed by atoms with E-state index in [1.807, 2.05) is 6.92 Å². The lowest BCUT2D eigenvalue weighted by molar-refractivity contribution is -0.153. The summed E-state index contributed by atoms with van der Waals surface area (Å²) in [5.74, 6) is 0.167. The summed E-state index contributed by atoms with van der Waals surface area (Å²) >= 11 is 0. The number of rotatable bonds is 5. The quantitative estimate of drug-likeness (QED) is 0.847. The fourth-order valence-electron chi connectivity index (χ4n) is 1.10. The van der Waals surface area contributed by atoms with Crippen LogP contribution in [0.3, 0.4) is 0 Å². The van der Waals surface area contributed by atoms with Gasteiger partial charge in [-0.05, 0) is 12.6 Å². The molecule has 1 aromatic rings. The van der Waals surface area contributed by atoms with Crippen molar-refractivity contribution in [3.63, 3.8) is 0 Å². The molecule has 0 aromatic carbocycles. The van der Waals surface area contributed by atoms with E-state index in [1.165, 1.54) is 12.4 Å². The number of halogens is 3. The van der Waals surface area contributed by atoms with Crippen molar-refractivity contribution in [1.82, 2.24) is 10.3 Å². The van der Waals surface area contributed by atoms with Gasteiger partial charge in [-0.3, -0.25) is 4.98 Å². The van der Waals surface area contributed by atoms with Crippen molar-refractivity contribution in [3.8, 4) is 5.75 Å². The van der Waals surface area contributed by atoms with E-state index in [2.05, 4.69) is 15.0 Å². The van der Waals surface area contributed by atoms with Gasteiger partial charge in [0, 0.05) is 18.3 Å². The van der Waals surface area contributed by atoms with Crippen LogP contribution in [-0.2, 0) is 6.54 Å². The summed E-state index contributed by atoms with van der Waals surface area (Å²) in [6, 6.07) is 1.63. The Morgan fingerprint density at radius 2 is 2.19 bits per heavy atom. The molecular weight excluding hydrogens is 221 g/mol. The lowest BCUT2D eigenvalue weighted by atomic mass is 10.2. The SMILES string of the molecule is CCNCc1ccncc1OCC(F)(F)F. The van der Waals surface area contributed by atoms with Gasteiger partial charge in [0.25, 0.3) is 0 Å². The zero-order chi connectivity index (χ0) is 12.0. The van der Waals surface area contributed by atoms with Crippen LogP contribution in [0.2, 0.25) is 0 Å². The minimum atomic E-state index is -4.33. The Kier molecular flexibility index (Phi) is 4.54. The monoisotopic (exact) mass is 234 g/mol. The molecule has 1 rings (SSSR count). The van der Waals surface area contributed by atoms with Gasteiger partial charge in [-0.25, -0.2) is 0 Å². The minimum absolute atomic E-state index is 0.167. The standard InChI is InChI=1S/C10H13F3N2O/c1-2-14-5-8-3-4-15-6-9(8)16-7-10(11,12)13/h3-4,6,14H,2,5,7H2,1H3. The number of nitrogens with zero attached hydrogens (tertiary/aromatic N) is 1. The van der Waals surface area contributed by atoms with E-state index in [0.29, 0.717) is 12.1 Å². The van der Waals surface area contributed by atoms with E-state index in [0.717, 1.165) is 6.54 Å². The van der Waals surface area contributed by atoms with Crippen molar-refractivity contribution in [2.45, 2.75) is 19.6 Å². The number of hydrogen-bond donors (Lipinski definition) is 1. The van der Waals surface area contributed by atoms with Crippen LogP contribution in [-0.4, -0.2) is 24.3 Å². The molecule has 0 saturated heterocycles. The third kappa shape index (κ3) is 4.48. The van der Waals surface area contributed by atoms with E-state index in [4.69, 9.17) is 0 Å². The maximum atomic E-state index is 12.0. The Balaban J connectivity index is 2.63. The Bertz CT molecular complexity index is 328. The molecule has 6 heteroatoms. The fraction of sp³-hybridized carbons (Fsp3) is 0.500. The van der Waals surface area contributed by atoms with Gasteiger partial charge in [-0.1, -0.05) is 6.92 Å². The molecule has 0 saturated carbocycles. The molecule has 0 aliphatic carbocycles. The third-order valence-corrected chi connectivity index (χ3v) is 1.83. The van der Waals surface area contributed by atoms with Gasteiger partial charge < -0.3 is 10.1 Å². The van der Waals surface area contributed by atoms with E-state index < -0.39 is 12.8 Å². The maximum absolute atomic E-state index is 12.0. The summed E-state index contributed by atoms with van der Waals surface area (Å²) in [5, 5.41) is 3.01. The lowest BCUT2D eigenvalue weighted by Crippen LogP contribution is -2.20. The molecule has 1 N–H and O–H groups in total. The number of alkyl halides is 3. The molecule has 0 fully saturated rings. The van der Waals surface area contributed by atoms with Gasteiger partial charge >= 0.3 is 6.18 Å². The fourth-order valence-corrected chi connectivity index (χ4v) is 1.10. The van der Waals surface area contributed by atoms with E-state index in [-0.39, 0.29) is 5.75 Å². The molecule has 0 amide bonds. The first-order valence-corrected chi connectivity index (χ1v) is 4.86. The van der Waals surface area contributed by atoms with Crippen LogP contribution in [0.4, 0.5) is 13.2 Å². The zero-order valence-corrected chi connectivity index (χ0v) is 8.84. The summed E-state index contributed by atoms with van der Waals surface area (Å²) in [5.41, 5.74) is 0.668. The topological polar surface area (TPSA) is 34.2 Å². The van der Waals surface area contributed by atoms with Crippen LogP contribution in [0.25, 0.3) is 0 Å². The largest absolute Gasteiger partial charge is 0.482 e. The van der Waals surface area contributed by atoms with Gasteiger partial charge in [-0.2, -0.15) is 13.2 Å². The third-order valence-electron chi connectivity index (χ3n) is 1.83. The molecule has 0 radical (unpaired) electrons. The van der Waals surface area contributed by atoms with Crippen LogP contribution < -0.4 is 10.1 Å². The van der Waals surface area contributed by atoms with Crippen LogP contribution in [0.5, 0.6) is 5.75 Å². The van der Waals surface area contributed by atoms with E-state index in [1.54, 1.807) is 6.07 Å². The number of hydrogen-bond acceptors (Lipinski definition) is 3. The normalized spacial score (nSPS) is 11.5. The molecule has 0 spiro atoms.